The molecule has 2 aromatic rings. The highest BCUT2D eigenvalue weighted by Gasteiger charge is 2.26. The van der Waals surface area contributed by atoms with Crippen LogP contribution in [-0.2, 0) is 16.1 Å². The lowest BCUT2D eigenvalue weighted by atomic mass is 9.97. The summed E-state index contributed by atoms with van der Waals surface area (Å²) in [6, 6.07) is 8.08. The van der Waals surface area contributed by atoms with Crippen LogP contribution < -0.4 is 4.74 Å². The largest absolute Gasteiger partial charge is 0.494 e. The first-order valence-electron chi connectivity index (χ1n) is 9.26. The van der Waals surface area contributed by atoms with Crippen LogP contribution in [0.3, 0.4) is 0 Å². The minimum absolute atomic E-state index is 0.0430. The van der Waals surface area contributed by atoms with Gasteiger partial charge >= 0.3 is 5.97 Å². The Labute approximate surface area is 159 Å². The molecule has 1 aliphatic rings. The van der Waals surface area contributed by atoms with Crippen molar-refractivity contribution in [1.82, 2.24) is 9.88 Å². The Bertz CT molecular complexity index is 706. The number of hydrogen-bond acceptors (Lipinski definition) is 6. The van der Waals surface area contributed by atoms with Gasteiger partial charge in [0.25, 0.3) is 0 Å². The van der Waals surface area contributed by atoms with Crippen LogP contribution in [-0.4, -0.2) is 42.2 Å². The molecule has 2 heterocycles. The first-order chi connectivity index (χ1) is 12.7. The minimum atomic E-state index is -0.0430. The van der Waals surface area contributed by atoms with E-state index in [9.17, 15) is 4.79 Å². The number of rotatable bonds is 7. The molecule has 5 nitrogen and oxygen atoms in total. The van der Waals surface area contributed by atoms with Gasteiger partial charge in [-0.3, -0.25) is 9.69 Å². The van der Waals surface area contributed by atoms with Crippen LogP contribution in [0.1, 0.15) is 32.4 Å². The van der Waals surface area contributed by atoms with Crippen molar-refractivity contribution in [3.8, 4) is 16.3 Å². The molecule has 1 aliphatic heterocycles. The lowest BCUT2D eigenvalue weighted by molar-refractivity contribution is -0.149. The van der Waals surface area contributed by atoms with Gasteiger partial charge < -0.3 is 9.47 Å². The van der Waals surface area contributed by atoms with E-state index >= 15 is 0 Å². The quantitative estimate of drug-likeness (QED) is 0.686. The molecular weight excluding hydrogens is 348 g/mol. The molecule has 0 bridgehead atoms. The van der Waals surface area contributed by atoms with E-state index in [-0.39, 0.29) is 11.9 Å². The van der Waals surface area contributed by atoms with Gasteiger partial charge in [0.05, 0.1) is 24.8 Å². The van der Waals surface area contributed by atoms with E-state index in [4.69, 9.17) is 14.5 Å². The molecule has 0 N–H and O–H groups in total. The van der Waals surface area contributed by atoms with Crippen LogP contribution in [0.5, 0.6) is 5.75 Å². The third kappa shape index (κ3) is 4.83. The second-order valence-electron chi connectivity index (χ2n) is 6.40. The fraction of sp³-hybridized carbons (Fsp3) is 0.500. The predicted octanol–water partition coefficient (Wildman–Crippen LogP) is 3.98. The molecule has 1 aromatic carbocycles. The van der Waals surface area contributed by atoms with Crippen LogP contribution in [0.2, 0.25) is 0 Å². The zero-order valence-corrected chi connectivity index (χ0v) is 16.3. The van der Waals surface area contributed by atoms with Gasteiger partial charge in [0.15, 0.2) is 0 Å². The second kappa shape index (κ2) is 9.14. The normalized spacial score (nSPS) is 15.8. The summed E-state index contributed by atoms with van der Waals surface area (Å²) in [6.07, 6.45) is 1.74. The molecule has 0 amide bonds. The molecular formula is C20H26N2O3S. The summed E-state index contributed by atoms with van der Waals surface area (Å²) in [5, 5.41) is 3.16. The molecule has 1 saturated heterocycles. The van der Waals surface area contributed by atoms with E-state index in [0.29, 0.717) is 13.2 Å². The zero-order valence-electron chi connectivity index (χ0n) is 15.4. The number of thiazole rings is 1. The number of nitrogens with zero attached hydrogens (tertiary/aromatic N) is 2. The smallest absolute Gasteiger partial charge is 0.309 e. The maximum Gasteiger partial charge on any atom is 0.309 e. The van der Waals surface area contributed by atoms with Crippen molar-refractivity contribution >= 4 is 17.3 Å². The van der Waals surface area contributed by atoms with Gasteiger partial charge in [-0.1, -0.05) is 0 Å². The van der Waals surface area contributed by atoms with Gasteiger partial charge in [-0.05, 0) is 64.0 Å². The first-order valence-corrected chi connectivity index (χ1v) is 10.1. The van der Waals surface area contributed by atoms with Gasteiger partial charge in [-0.15, -0.1) is 11.3 Å². The van der Waals surface area contributed by atoms with E-state index in [1.807, 2.05) is 26.0 Å². The van der Waals surface area contributed by atoms with Crippen molar-refractivity contribution in [1.29, 1.82) is 0 Å². The summed E-state index contributed by atoms with van der Waals surface area (Å²) in [6.45, 7) is 7.65. The summed E-state index contributed by atoms with van der Waals surface area (Å²) in [5.74, 6) is 0.900. The van der Waals surface area contributed by atoms with Gasteiger partial charge in [0, 0.05) is 17.5 Å². The minimum Gasteiger partial charge on any atom is -0.494 e. The maximum absolute atomic E-state index is 11.8. The van der Waals surface area contributed by atoms with Gasteiger partial charge in [-0.25, -0.2) is 4.98 Å². The van der Waals surface area contributed by atoms with E-state index in [0.717, 1.165) is 54.5 Å². The fourth-order valence-corrected chi connectivity index (χ4v) is 4.01. The molecule has 6 heteroatoms. The third-order valence-corrected chi connectivity index (χ3v) is 5.50. The topological polar surface area (TPSA) is 51.7 Å². The Hall–Kier alpha value is -1.92. The predicted molar refractivity (Wildman–Crippen MR) is 103 cm³/mol. The molecule has 1 fully saturated rings. The molecule has 1 aromatic heterocycles. The summed E-state index contributed by atoms with van der Waals surface area (Å²) >= 11 is 1.67. The number of esters is 1. The molecule has 140 valence electrons. The third-order valence-electron chi connectivity index (χ3n) is 4.56. The van der Waals surface area contributed by atoms with Crippen LogP contribution in [0.15, 0.2) is 29.6 Å². The van der Waals surface area contributed by atoms with Crippen LogP contribution in [0.25, 0.3) is 10.6 Å². The number of ether oxygens (including phenoxy) is 2. The lowest BCUT2D eigenvalue weighted by Crippen LogP contribution is -2.36. The molecule has 26 heavy (non-hydrogen) atoms. The maximum atomic E-state index is 11.8. The van der Waals surface area contributed by atoms with Crippen molar-refractivity contribution in [3.05, 3.63) is 35.3 Å². The molecule has 3 rings (SSSR count). The Morgan fingerprint density at radius 2 is 1.92 bits per heavy atom. The molecule has 0 spiro atoms. The average molecular weight is 375 g/mol. The number of carbonyl (C=O) groups is 1. The van der Waals surface area contributed by atoms with Crippen molar-refractivity contribution in [2.45, 2.75) is 33.2 Å². The number of benzene rings is 1. The highest BCUT2D eigenvalue weighted by Crippen LogP contribution is 2.27. The number of piperidine rings is 1. The zero-order chi connectivity index (χ0) is 18.4. The van der Waals surface area contributed by atoms with Gasteiger partial charge in [-0.2, -0.15) is 0 Å². The Kier molecular flexibility index (Phi) is 6.63. The Morgan fingerprint density at radius 1 is 1.19 bits per heavy atom. The van der Waals surface area contributed by atoms with Gasteiger partial charge in [0.2, 0.25) is 0 Å². The molecule has 0 radical (unpaired) electrons. The molecule has 0 unspecified atom stereocenters. The van der Waals surface area contributed by atoms with E-state index in [1.54, 1.807) is 11.3 Å². The average Bonchev–Trinajstić information content (AvgIpc) is 3.12. The molecule has 0 saturated carbocycles. The highest BCUT2D eigenvalue weighted by atomic mass is 32.1. The number of likely N-dealkylation sites (tertiary alicyclic amines) is 1. The highest BCUT2D eigenvalue weighted by molar-refractivity contribution is 7.13. The number of carbonyl (C=O) groups excluding carboxylic acids is 1. The summed E-state index contributed by atoms with van der Waals surface area (Å²) < 4.78 is 10.6. The van der Waals surface area contributed by atoms with E-state index < -0.39 is 0 Å². The summed E-state index contributed by atoms with van der Waals surface area (Å²) in [7, 11) is 0. The second-order valence-corrected chi connectivity index (χ2v) is 7.26. The lowest BCUT2D eigenvalue weighted by Gasteiger charge is -2.30. The fourth-order valence-electron chi connectivity index (χ4n) is 3.19. The number of aromatic nitrogens is 1. The SMILES string of the molecule is CCOC(=O)C1CCN(Cc2csc(-c3ccc(OCC)cc3)n2)CC1. The van der Waals surface area contributed by atoms with Crippen LogP contribution in [0.4, 0.5) is 0 Å². The monoisotopic (exact) mass is 374 g/mol. The first kappa shape index (κ1) is 18.9. The Balaban J connectivity index is 1.53. The van der Waals surface area contributed by atoms with Gasteiger partial charge in [0.1, 0.15) is 10.8 Å². The van der Waals surface area contributed by atoms with Crippen LogP contribution >= 0.6 is 11.3 Å². The van der Waals surface area contributed by atoms with Crippen molar-refractivity contribution in [3.63, 3.8) is 0 Å². The number of hydrogen-bond donors (Lipinski definition) is 0. The standard InChI is InChI=1S/C20H26N2O3S/c1-3-24-18-7-5-15(6-8-18)19-21-17(14-26-19)13-22-11-9-16(10-12-22)20(23)25-4-2/h5-8,14,16H,3-4,9-13H2,1-2H3. The summed E-state index contributed by atoms with van der Waals surface area (Å²) in [5.41, 5.74) is 2.21. The van der Waals surface area contributed by atoms with Crippen molar-refractivity contribution < 1.29 is 14.3 Å². The van der Waals surface area contributed by atoms with E-state index in [2.05, 4.69) is 22.4 Å². The van der Waals surface area contributed by atoms with E-state index in [1.165, 1.54) is 0 Å². The Morgan fingerprint density at radius 3 is 2.58 bits per heavy atom. The summed E-state index contributed by atoms with van der Waals surface area (Å²) in [4.78, 5) is 19.0. The van der Waals surface area contributed by atoms with Crippen molar-refractivity contribution in [2.24, 2.45) is 5.92 Å². The van der Waals surface area contributed by atoms with Crippen LogP contribution in [0, 0.1) is 5.92 Å². The van der Waals surface area contributed by atoms with Crippen molar-refractivity contribution in [2.75, 3.05) is 26.3 Å². The molecule has 0 aliphatic carbocycles. The molecule has 0 atom stereocenters.